The van der Waals surface area contributed by atoms with Crippen LogP contribution in [0.25, 0.3) is 0 Å². The molecular weight excluding hydrogens is 194 g/mol. The van der Waals surface area contributed by atoms with Crippen molar-refractivity contribution in [2.24, 2.45) is 0 Å². The van der Waals surface area contributed by atoms with Crippen molar-refractivity contribution in [1.29, 1.82) is 5.26 Å². The van der Waals surface area contributed by atoms with Gasteiger partial charge in [-0.1, -0.05) is 0 Å². The smallest absolute Gasteiger partial charge is 0.162 e. The lowest BCUT2D eigenvalue weighted by atomic mass is 10.2. The van der Waals surface area contributed by atoms with Crippen LogP contribution in [-0.4, -0.2) is 19.5 Å². The first-order chi connectivity index (χ1) is 7.31. The van der Waals surface area contributed by atoms with Gasteiger partial charge in [-0.05, 0) is 19.1 Å². The summed E-state index contributed by atoms with van der Waals surface area (Å²) in [6, 6.07) is 6.82. The summed E-state index contributed by atoms with van der Waals surface area (Å²) < 4.78 is 10.4. The topological polar surface area (TPSA) is 59.3 Å². The molecule has 0 heterocycles. The van der Waals surface area contributed by atoms with Crippen molar-refractivity contribution < 1.29 is 14.3 Å². The molecule has 1 aromatic carbocycles. The Morgan fingerprint density at radius 1 is 1.40 bits per heavy atom. The fourth-order valence-electron chi connectivity index (χ4n) is 1.09. The Morgan fingerprint density at radius 2 is 2.20 bits per heavy atom. The Hall–Kier alpha value is -2.02. The van der Waals surface area contributed by atoms with Crippen LogP contribution in [0.15, 0.2) is 18.2 Å². The molecule has 0 saturated heterocycles. The zero-order valence-electron chi connectivity index (χ0n) is 8.40. The highest BCUT2D eigenvalue weighted by Gasteiger charge is 2.05. The molecule has 0 amide bonds. The lowest BCUT2D eigenvalue weighted by Crippen LogP contribution is -2.01. The van der Waals surface area contributed by atoms with Gasteiger partial charge in [0.25, 0.3) is 0 Å². The zero-order chi connectivity index (χ0) is 11.1. The van der Waals surface area contributed by atoms with Crippen molar-refractivity contribution in [3.63, 3.8) is 0 Å². The maximum atomic E-state index is 10.2. The van der Waals surface area contributed by atoms with E-state index in [1.807, 2.05) is 13.0 Å². The molecule has 0 spiro atoms. The van der Waals surface area contributed by atoms with E-state index in [1.165, 1.54) is 0 Å². The van der Waals surface area contributed by atoms with Crippen LogP contribution in [0.1, 0.15) is 12.5 Å². The summed E-state index contributed by atoms with van der Waals surface area (Å²) in [5, 5.41) is 8.69. The summed E-state index contributed by atoms with van der Waals surface area (Å²) >= 11 is 0. The third-order valence-corrected chi connectivity index (χ3v) is 1.68. The number of aldehydes is 1. The van der Waals surface area contributed by atoms with Crippen molar-refractivity contribution in [2.75, 3.05) is 13.2 Å². The van der Waals surface area contributed by atoms with E-state index in [1.54, 1.807) is 18.2 Å². The van der Waals surface area contributed by atoms with Gasteiger partial charge >= 0.3 is 0 Å². The van der Waals surface area contributed by atoms with Crippen LogP contribution >= 0.6 is 0 Å². The number of ether oxygens (including phenoxy) is 2. The van der Waals surface area contributed by atoms with Gasteiger partial charge in [-0.15, -0.1) is 0 Å². The molecule has 0 aromatic heterocycles. The molecule has 0 radical (unpaired) electrons. The molecule has 78 valence electrons. The lowest BCUT2D eigenvalue weighted by Gasteiger charge is -2.09. The summed E-state index contributed by atoms with van der Waals surface area (Å²) in [7, 11) is 0. The van der Waals surface area contributed by atoms with Gasteiger partial charge in [0.1, 0.15) is 6.61 Å². The lowest BCUT2D eigenvalue weighted by molar-refractivity contribution is -0.109. The number of nitrogens with zero attached hydrogens (tertiary/aromatic N) is 1. The Labute approximate surface area is 88.0 Å². The van der Waals surface area contributed by atoms with Crippen LogP contribution in [0.5, 0.6) is 11.5 Å². The van der Waals surface area contributed by atoms with Crippen LogP contribution in [0.2, 0.25) is 0 Å². The van der Waals surface area contributed by atoms with Crippen molar-refractivity contribution in [3.05, 3.63) is 23.8 Å². The van der Waals surface area contributed by atoms with Crippen LogP contribution in [0, 0.1) is 11.3 Å². The number of hydrogen-bond acceptors (Lipinski definition) is 4. The largest absolute Gasteiger partial charge is 0.490 e. The summed E-state index contributed by atoms with van der Waals surface area (Å²) in [5.41, 5.74) is 0.497. The van der Waals surface area contributed by atoms with E-state index in [0.29, 0.717) is 30.0 Å². The second-order valence-corrected chi connectivity index (χ2v) is 2.68. The Morgan fingerprint density at radius 3 is 2.80 bits per heavy atom. The molecule has 0 N–H and O–H groups in total. The van der Waals surface area contributed by atoms with E-state index in [2.05, 4.69) is 0 Å². The molecular formula is C11H11NO3. The van der Waals surface area contributed by atoms with Crippen LogP contribution < -0.4 is 9.47 Å². The van der Waals surface area contributed by atoms with E-state index in [0.717, 1.165) is 0 Å². The second-order valence-electron chi connectivity index (χ2n) is 2.68. The molecule has 0 aliphatic rings. The number of rotatable bonds is 5. The van der Waals surface area contributed by atoms with Crippen LogP contribution in [-0.2, 0) is 4.79 Å². The normalized spacial score (nSPS) is 9.07. The molecule has 1 rings (SSSR count). The average molecular weight is 205 g/mol. The molecule has 0 saturated carbocycles. The molecule has 0 aliphatic heterocycles. The van der Waals surface area contributed by atoms with Gasteiger partial charge in [-0.3, -0.25) is 4.79 Å². The first-order valence-electron chi connectivity index (χ1n) is 4.55. The molecule has 0 unspecified atom stereocenters. The summed E-state index contributed by atoms with van der Waals surface area (Å²) in [5.74, 6) is 0.960. The molecule has 0 aliphatic carbocycles. The maximum absolute atomic E-state index is 10.2. The fraction of sp³-hybridized carbons (Fsp3) is 0.273. The number of carbonyl (C=O) groups is 1. The minimum Gasteiger partial charge on any atom is -0.490 e. The van der Waals surface area contributed by atoms with Crippen molar-refractivity contribution in [3.8, 4) is 17.6 Å². The minimum absolute atomic E-state index is 0.0219. The highest BCUT2D eigenvalue weighted by molar-refractivity contribution is 5.53. The second kappa shape index (κ2) is 5.66. The van der Waals surface area contributed by atoms with Gasteiger partial charge in [0.2, 0.25) is 0 Å². The van der Waals surface area contributed by atoms with Crippen molar-refractivity contribution >= 4 is 6.29 Å². The highest BCUT2D eigenvalue weighted by atomic mass is 16.5. The molecule has 4 nitrogen and oxygen atoms in total. The summed E-state index contributed by atoms with van der Waals surface area (Å²) in [4.78, 5) is 10.2. The molecule has 0 fully saturated rings. The number of hydrogen-bond donors (Lipinski definition) is 0. The minimum atomic E-state index is -0.0219. The Kier molecular flexibility index (Phi) is 4.17. The predicted molar refractivity (Wildman–Crippen MR) is 53.9 cm³/mol. The van der Waals surface area contributed by atoms with E-state index in [4.69, 9.17) is 14.7 Å². The monoisotopic (exact) mass is 205 g/mol. The number of carbonyl (C=O) groups excluding carboxylic acids is 1. The standard InChI is InChI=1S/C11H11NO3/c1-2-14-11-7-9(8-12)3-4-10(11)15-6-5-13/h3-5,7H,2,6H2,1H3. The van der Waals surface area contributed by atoms with E-state index >= 15 is 0 Å². The highest BCUT2D eigenvalue weighted by Crippen LogP contribution is 2.27. The maximum Gasteiger partial charge on any atom is 0.162 e. The third-order valence-electron chi connectivity index (χ3n) is 1.68. The molecule has 0 bridgehead atoms. The zero-order valence-corrected chi connectivity index (χ0v) is 8.40. The average Bonchev–Trinajstić information content (AvgIpc) is 2.27. The van der Waals surface area contributed by atoms with Crippen LogP contribution in [0.3, 0.4) is 0 Å². The Bertz CT molecular complexity index is 382. The Balaban J connectivity index is 2.93. The van der Waals surface area contributed by atoms with Crippen LogP contribution in [0.4, 0.5) is 0 Å². The fourth-order valence-corrected chi connectivity index (χ4v) is 1.09. The van der Waals surface area contributed by atoms with Gasteiger partial charge in [-0.2, -0.15) is 5.26 Å². The van der Waals surface area contributed by atoms with E-state index < -0.39 is 0 Å². The SMILES string of the molecule is CCOc1cc(C#N)ccc1OCC=O. The third kappa shape index (κ3) is 2.99. The summed E-state index contributed by atoms with van der Waals surface area (Å²) in [6.45, 7) is 2.29. The first kappa shape index (κ1) is 11.1. The molecule has 1 aromatic rings. The van der Waals surface area contributed by atoms with Crippen molar-refractivity contribution in [1.82, 2.24) is 0 Å². The molecule has 15 heavy (non-hydrogen) atoms. The van der Waals surface area contributed by atoms with Gasteiger partial charge < -0.3 is 9.47 Å². The van der Waals surface area contributed by atoms with E-state index in [9.17, 15) is 4.79 Å². The predicted octanol–water partition coefficient (Wildman–Crippen LogP) is 1.53. The molecule has 0 atom stereocenters. The number of benzene rings is 1. The quantitative estimate of drug-likeness (QED) is 0.684. The number of nitriles is 1. The van der Waals surface area contributed by atoms with Gasteiger partial charge in [0.05, 0.1) is 18.2 Å². The van der Waals surface area contributed by atoms with Gasteiger partial charge in [0, 0.05) is 6.07 Å². The van der Waals surface area contributed by atoms with Gasteiger partial charge in [-0.25, -0.2) is 0 Å². The van der Waals surface area contributed by atoms with Crippen molar-refractivity contribution in [2.45, 2.75) is 6.92 Å². The summed E-state index contributed by atoms with van der Waals surface area (Å²) in [6.07, 6.45) is 0.661. The van der Waals surface area contributed by atoms with Gasteiger partial charge in [0.15, 0.2) is 17.8 Å². The van der Waals surface area contributed by atoms with E-state index in [-0.39, 0.29) is 6.61 Å². The molecule has 4 heteroatoms. The first-order valence-corrected chi connectivity index (χ1v) is 4.55.